The third kappa shape index (κ3) is 3.05. The molecule has 0 aliphatic rings. The van der Waals surface area contributed by atoms with E-state index in [1.807, 2.05) is 0 Å². The van der Waals surface area contributed by atoms with Crippen molar-refractivity contribution < 1.29 is 13.2 Å². The first-order valence-corrected chi connectivity index (χ1v) is 5.51. The van der Waals surface area contributed by atoms with Crippen LogP contribution in [0.3, 0.4) is 0 Å². The van der Waals surface area contributed by atoms with Gasteiger partial charge in [0, 0.05) is 20.1 Å². The zero-order chi connectivity index (χ0) is 10.6. The summed E-state index contributed by atoms with van der Waals surface area (Å²) in [5, 5.41) is 10.4. The Morgan fingerprint density at radius 3 is 2.79 bits per heavy atom. The predicted octanol–water partition coefficient (Wildman–Crippen LogP) is -0.969. The van der Waals surface area contributed by atoms with Crippen molar-refractivity contribution >= 4 is 10.0 Å². The number of hydrogen-bond donors (Lipinski definition) is 2. The summed E-state index contributed by atoms with van der Waals surface area (Å²) in [6.07, 6.45) is 1.33. The summed E-state index contributed by atoms with van der Waals surface area (Å²) in [4.78, 5) is 3.72. The second kappa shape index (κ2) is 4.49. The number of nitrogens with zero attached hydrogens (tertiary/aromatic N) is 2. The van der Waals surface area contributed by atoms with Gasteiger partial charge in [-0.05, 0) is 6.42 Å². The first-order chi connectivity index (χ1) is 6.54. The maximum atomic E-state index is 10.8. The number of rotatable bonds is 5. The minimum Gasteiger partial charge on any atom is -0.385 e. The van der Waals surface area contributed by atoms with E-state index in [1.165, 1.54) is 0 Å². The lowest BCUT2D eigenvalue weighted by atomic mass is 10.3. The van der Waals surface area contributed by atoms with E-state index >= 15 is 0 Å². The van der Waals surface area contributed by atoms with Crippen molar-refractivity contribution in [2.75, 3.05) is 13.7 Å². The van der Waals surface area contributed by atoms with Gasteiger partial charge < -0.3 is 4.74 Å². The van der Waals surface area contributed by atoms with Crippen LogP contribution in [0.5, 0.6) is 0 Å². The van der Waals surface area contributed by atoms with E-state index in [-0.39, 0.29) is 5.16 Å². The second-order valence-corrected chi connectivity index (χ2v) is 4.16. The van der Waals surface area contributed by atoms with Crippen LogP contribution in [0.1, 0.15) is 12.2 Å². The van der Waals surface area contributed by atoms with Crippen LogP contribution in [0.4, 0.5) is 0 Å². The van der Waals surface area contributed by atoms with Crippen LogP contribution < -0.4 is 5.14 Å². The molecular formula is C6H12N4O3S. The van der Waals surface area contributed by atoms with Crippen LogP contribution in [0.15, 0.2) is 5.16 Å². The van der Waals surface area contributed by atoms with Gasteiger partial charge in [-0.3, -0.25) is 5.10 Å². The summed E-state index contributed by atoms with van der Waals surface area (Å²) in [7, 11) is -2.20. The monoisotopic (exact) mass is 220 g/mol. The van der Waals surface area contributed by atoms with Gasteiger partial charge in [0.25, 0.3) is 15.2 Å². The van der Waals surface area contributed by atoms with Gasteiger partial charge >= 0.3 is 0 Å². The van der Waals surface area contributed by atoms with Gasteiger partial charge in [0.15, 0.2) is 0 Å². The molecule has 0 fully saturated rings. The van der Waals surface area contributed by atoms with E-state index in [0.717, 1.165) is 6.42 Å². The fourth-order valence-corrected chi connectivity index (χ4v) is 1.31. The smallest absolute Gasteiger partial charge is 0.282 e. The molecule has 0 atom stereocenters. The van der Waals surface area contributed by atoms with Crippen molar-refractivity contribution in [1.29, 1.82) is 0 Å². The number of hydrogen-bond acceptors (Lipinski definition) is 5. The van der Waals surface area contributed by atoms with E-state index < -0.39 is 10.0 Å². The van der Waals surface area contributed by atoms with Gasteiger partial charge in [0.2, 0.25) is 0 Å². The Hall–Kier alpha value is -0.990. The second-order valence-electron chi connectivity index (χ2n) is 2.71. The molecule has 0 amide bonds. The van der Waals surface area contributed by atoms with Gasteiger partial charge in [-0.25, -0.2) is 18.5 Å². The number of aromatic nitrogens is 3. The topological polar surface area (TPSA) is 111 Å². The Labute approximate surface area is 81.7 Å². The van der Waals surface area contributed by atoms with Crippen LogP contribution in [-0.2, 0) is 21.2 Å². The van der Waals surface area contributed by atoms with Crippen LogP contribution >= 0.6 is 0 Å². The number of H-pyrrole nitrogens is 1. The number of nitrogens with one attached hydrogen (secondary N) is 1. The first-order valence-electron chi connectivity index (χ1n) is 3.97. The molecule has 3 N–H and O–H groups in total. The maximum Gasteiger partial charge on any atom is 0.282 e. The number of aryl methyl sites for hydroxylation is 1. The number of ether oxygens (including phenoxy) is 1. The van der Waals surface area contributed by atoms with E-state index in [2.05, 4.69) is 15.2 Å². The average molecular weight is 220 g/mol. The molecule has 0 bridgehead atoms. The molecule has 0 radical (unpaired) electrons. The first kappa shape index (κ1) is 11.1. The third-order valence-electron chi connectivity index (χ3n) is 1.53. The van der Waals surface area contributed by atoms with Crippen molar-refractivity contribution in [2.24, 2.45) is 5.14 Å². The number of sulfonamides is 1. The van der Waals surface area contributed by atoms with Gasteiger partial charge in [-0.1, -0.05) is 0 Å². The molecule has 80 valence electrons. The molecule has 0 aliphatic heterocycles. The third-order valence-corrected chi connectivity index (χ3v) is 2.22. The lowest BCUT2D eigenvalue weighted by Crippen LogP contribution is -2.14. The highest BCUT2D eigenvalue weighted by Crippen LogP contribution is 2.00. The molecule has 7 nitrogen and oxygen atoms in total. The lowest BCUT2D eigenvalue weighted by Gasteiger charge is -1.94. The van der Waals surface area contributed by atoms with Crippen LogP contribution in [-0.4, -0.2) is 37.3 Å². The molecule has 0 saturated carbocycles. The van der Waals surface area contributed by atoms with Crippen molar-refractivity contribution in [2.45, 2.75) is 18.0 Å². The fraction of sp³-hybridized carbons (Fsp3) is 0.667. The molecule has 0 aromatic carbocycles. The van der Waals surface area contributed by atoms with E-state index in [0.29, 0.717) is 18.9 Å². The van der Waals surface area contributed by atoms with Gasteiger partial charge in [-0.2, -0.15) is 0 Å². The Balaban J connectivity index is 2.60. The van der Waals surface area contributed by atoms with Crippen molar-refractivity contribution in [3.8, 4) is 0 Å². The van der Waals surface area contributed by atoms with E-state index in [1.54, 1.807) is 7.11 Å². The normalized spacial score (nSPS) is 11.9. The molecule has 0 spiro atoms. The highest BCUT2D eigenvalue weighted by atomic mass is 32.2. The highest BCUT2D eigenvalue weighted by molar-refractivity contribution is 7.89. The summed E-state index contributed by atoms with van der Waals surface area (Å²) in [5.41, 5.74) is 0. The van der Waals surface area contributed by atoms with Gasteiger partial charge in [0.1, 0.15) is 5.82 Å². The Bertz CT molecular complexity index is 386. The molecule has 1 aromatic heterocycles. The predicted molar refractivity (Wildman–Crippen MR) is 48.0 cm³/mol. The van der Waals surface area contributed by atoms with Crippen LogP contribution in [0.2, 0.25) is 0 Å². The van der Waals surface area contributed by atoms with E-state index in [9.17, 15) is 8.42 Å². The van der Waals surface area contributed by atoms with Crippen LogP contribution in [0.25, 0.3) is 0 Å². The molecule has 0 unspecified atom stereocenters. The SMILES string of the molecule is COCCCc1nc(S(N)(=O)=O)n[nH]1. The Morgan fingerprint density at radius 1 is 1.57 bits per heavy atom. The van der Waals surface area contributed by atoms with Gasteiger partial charge in [-0.15, -0.1) is 5.10 Å². The molecule has 1 rings (SSSR count). The van der Waals surface area contributed by atoms with Crippen molar-refractivity contribution in [3.63, 3.8) is 0 Å². The minimum atomic E-state index is -3.80. The number of methoxy groups -OCH3 is 1. The summed E-state index contributed by atoms with van der Waals surface area (Å²) in [6.45, 7) is 0.589. The summed E-state index contributed by atoms with van der Waals surface area (Å²) < 4.78 is 26.4. The molecule has 0 aliphatic carbocycles. The maximum absolute atomic E-state index is 10.8. The van der Waals surface area contributed by atoms with Crippen molar-refractivity contribution in [3.05, 3.63) is 5.82 Å². The lowest BCUT2D eigenvalue weighted by molar-refractivity contribution is 0.194. The quantitative estimate of drug-likeness (QED) is 0.620. The van der Waals surface area contributed by atoms with E-state index in [4.69, 9.17) is 9.88 Å². The largest absolute Gasteiger partial charge is 0.385 e. The Morgan fingerprint density at radius 2 is 2.29 bits per heavy atom. The summed E-state index contributed by atoms with van der Waals surface area (Å²) in [5.74, 6) is 0.492. The molecule has 1 heterocycles. The molecular weight excluding hydrogens is 208 g/mol. The molecule has 14 heavy (non-hydrogen) atoms. The number of nitrogens with two attached hydrogens (primary N) is 1. The standard InChI is InChI=1S/C6H12N4O3S/c1-13-4-2-3-5-8-6(10-9-5)14(7,11)12/h2-4H2,1H3,(H2,7,11,12)(H,8,9,10). The van der Waals surface area contributed by atoms with Crippen LogP contribution in [0, 0.1) is 0 Å². The minimum absolute atomic E-state index is 0.370. The van der Waals surface area contributed by atoms with Gasteiger partial charge in [0.05, 0.1) is 0 Å². The zero-order valence-corrected chi connectivity index (χ0v) is 8.54. The fourth-order valence-electron chi connectivity index (χ4n) is 0.901. The molecule has 1 aromatic rings. The number of aromatic amines is 1. The highest BCUT2D eigenvalue weighted by Gasteiger charge is 2.13. The molecule has 8 heteroatoms. The average Bonchev–Trinajstić information content (AvgIpc) is 2.52. The Kier molecular flexibility index (Phi) is 3.55. The molecule has 0 saturated heterocycles. The summed E-state index contributed by atoms with van der Waals surface area (Å²) >= 11 is 0. The van der Waals surface area contributed by atoms with Crippen molar-refractivity contribution in [1.82, 2.24) is 15.2 Å². The summed E-state index contributed by atoms with van der Waals surface area (Å²) in [6, 6.07) is 0. The number of primary sulfonamides is 1. The zero-order valence-electron chi connectivity index (χ0n) is 7.73.